The number of halogens is 2. The Bertz CT molecular complexity index is 535. The SMILES string of the molecule is CC(C)C1CC(Nc2cc(C(N)=O)c(F)cc2F)CCO1. The van der Waals surface area contributed by atoms with Gasteiger partial charge in [-0.1, -0.05) is 13.8 Å². The Labute approximate surface area is 122 Å². The molecule has 1 saturated heterocycles. The highest BCUT2D eigenvalue weighted by molar-refractivity contribution is 5.94. The molecule has 1 fully saturated rings. The van der Waals surface area contributed by atoms with Gasteiger partial charge in [-0.2, -0.15) is 0 Å². The molecule has 0 spiro atoms. The summed E-state index contributed by atoms with van der Waals surface area (Å²) in [5.74, 6) is -2.22. The minimum atomic E-state index is -0.947. The van der Waals surface area contributed by atoms with Gasteiger partial charge in [-0.05, 0) is 24.8 Å². The molecule has 116 valence electrons. The van der Waals surface area contributed by atoms with Gasteiger partial charge in [0, 0.05) is 18.7 Å². The van der Waals surface area contributed by atoms with Crippen LogP contribution in [-0.4, -0.2) is 24.7 Å². The lowest BCUT2D eigenvalue weighted by Crippen LogP contribution is -2.36. The van der Waals surface area contributed by atoms with Crippen molar-refractivity contribution in [2.75, 3.05) is 11.9 Å². The number of hydrogen-bond donors (Lipinski definition) is 2. The molecule has 0 bridgehead atoms. The fourth-order valence-corrected chi connectivity index (χ4v) is 2.49. The third-order valence-corrected chi connectivity index (χ3v) is 3.74. The predicted molar refractivity (Wildman–Crippen MR) is 76.1 cm³/mol. The minimum absolute atomic E-state index is 0.0202. The van der Waals surface area contributed by atoms with Gasteiger partial charge in [-0.25, -0.2) is 8.78 Å². The zero-order valence-electron chi connectivity index (χ0n) is 12.2. The van der Waals surface area contributed by atoms with E-state index in [1.165, 1.54) is 0 Å². The van der Waals surface area contributed by atoms with Crippen LogP contribution in [0.25, 0.3) is 0 Å². The highest BCUT2D eigenvalue weighted by Crippen LogP contribution is 2.26. The van der Waals surface area contributed by atoms with Gasteiger partial charge in [0.2, 0.25) is 0 Å². The first kappa shape index (κ1) is 15.7. The number of carbonyl (C=O) groups is 1. The quantitative estimate of drug-likeness (QED) is 0.898. The molecule has 21 heavy (non-hydrogen) atoms. The molecule has 3 N–H and O–H groups in total. The summed E-state index contributed by atoms with van der Waals surface area (Å²) in [6.07, 6.45) is 1.57. The predicted octanol–water partition coefficient (Wildman–Crippen LogP) is 2.68. The number of carbonyl (C=O) groups excluding carboxylic acids is 1. The van der Waals surface area contributed by atoms with Crippen LogP contribution >= 0.6 is 0 Å². The highest BCUT2D eigenvalue weighted by atomic mass is 19.1. The number of primary amides is 1. The summed E-state index contributed by atoms with van der Waals surface area (Å²) in [6.45, 7) is 4.72. The smallest absolute Gasteiger partial charge is 0.251 e. The number of nitrogens with one attached hydrogen (secondary N) is 1. The monoisotopic (exact) mass is 298 g/mol. The van der Waals surface area contributed by atoms with Gasteiger partial charge >= 0.3 is 0 Å². The van der Waals surface area contributed by atoms with Crippen molar-refractivity contribution in [3.8, 4) is 0 Å². The lowest BCUT2D eigenvalue weighted by Gasteiger charge is -2.33. The summed E-state index contributed by atoms with van der Waals surface area (Å²) in [5, 5.41) is 3.03. The second kappa shape index (κ2) is 6.39. The molecular weight excluding hydrogens is 278 g/mol. The van der Waals surface area contributed by atoms with Gasteiger partial charge in [-0.15, -0.1) is 0 Å². The Morgan fingerprint density at radius 2 is 2.10 bits per heavy atom. The van der Waals surface area contributed by atoms with E-state index in [0.29, 0.717) is 18.6 Å². The summed E-state index contributed by atoms with van der Waals surface area (Å²) in [6, 6.07) is 1.83. The van der Waals surface area contributed by atoms with E-state index in [1.807, 2.05) is 0 Å². The standard InChI is InChI=1S/C15H20F2N2O2/c1-8(2)14-5-9(3-4-21-14)19-13-6-10(15(18)20)11(16)7-12(13)17/h6-9,14,19H,3-5H2,1-2H3,(H2,18,20). The van der Waals surface area contributed by atoms with Crippen LogP contribution in [-0.2, 0) is 4.74 Å². The normalized spacial score (nSPS) is 22.3. The van der Waals surface area contributed by atoms with Crippen molar-refractivity contribution in [2.45, 2.75) is 38.8 Å². The molecule has 4 nitrogen and oxygen atoms in total. The fourth-order valence-electron chi connectivity index (χ4n) is 2.49. The molecule has 1 aromatic carbocycles. The van der Waals surface area contributed by atoms with E-state index in [4.69, 9.17) is 10.5 Å². The molecule has 2 rings (SSSR count). The zero-order valence-corrected chi connectivity index (χ0v) is 12.2. The number of anilines is 1. The number of nitrogens with two attached hydrogens (primary N) is 1. The molecule has 0 aromatic heterocycles. The fraction of sp³-hybridized carbons (Fsp3) is 0.533. The molecule has 6 heteroatoms. The third-order valence-electron chi connectivity index (χ3n) is 3.74. The Balaban J connectivity index is 2.15. The first-order valence-corrected chi connectivity index (χ1v) is 7.05. The van der Waals surface area contributed by atoms with Crippen LogP contribution < -0.4 is 11.1 Å². The van der Waals surface area contributed by atoms with Crippen LogP contribution in [0.15, 0.2) is 12.1 Å². The van der Waals surface area contributed by atoms with E-state index in [1.54, 1.807) is 0 Å². The van der Waals surface area contributed by atoms with Gasteiger partial charge in [0.05, 0.1) is 17.4 Å². The molecule has 0 radical (unpaired) electrons. The number of benzene rings is 1. The van der Waals surface area contributed by atoms with E-state index in [9.17, 15) is 13.6 Å². The van der Waals surface area contributed by atoms with E-state index >= 15 is 0 Å². The largest absolute Gasteiger partial charge is 0.380 e. The van der Waals surface area contributed by atoms with Crippen molar-refractivity contribution >= 4 is 11.6 Å². The minimum Gasteiger partial charge on any atom is -0.380 e. The molecule has 0 aliphatic carbocycles. The van der Waals surface area contributed by atoms with Crippen LogP contribution in [0.1, 0.15) is 37.0 Å². The second-order valence-corrected chi connectivity index (χ2v) is 5.70. The molecule has 2 atom stereocenters. The molecule has 1 aliphatic rings. The van der Waals surface area contributed by atoms with Crippen molar-refractivity contribution in [2.24, 2.45) is 11.7 Å². The summed E-state index contributed by atoms with van der Waals surface area (Å²) < 4.78 is 32.9. The Morgan fingerprint density at radius 3 is 2.71 bits per heavy atom. The lowest BCUT2D eigenvalue weighted by atomic mass is 9.95. The summed E-state index contributed by atoms with van der Waals surface area (Å²) in [7, 11) is 0. The van der Waals surface area contributed by atoms with Gasteiger partial charge in [0.15, 0.2) is 0 Å². The maximum atomic E-state index is 13.8. The van der Waals surface area contributed by atoms with Crippen molar-refractivity contribution in [3.05, 3.63) is 29.3 Å². The molecule has 1 heterocycles. The van der Waals surface area contributed by atoms with E-state index in [2.05, 4.69) is 19.2 Å². The van der Waals surface area contributed by atoms with Crippen molar-refractivity contribution in [3.63, 3.8) is 0 Å². The Kier molecular flexibility index (Phi) is 4.77. The van der Waals surface area contributed by atoms with Crippen LogP contribution in [0.2, 0.25) is 0 Å². The van der Waals surface area contributed by atoms with Gasteiger partial charge < -0.3 is 15.8 Å². The van der Waals surface area contributed by atoms with E-state index in [-0.39, 0.29) is 23.4 Å². The molecular formula is C15H20F2N2O2. The maximum Gasteiger partial charge on any atom is 0.251 e. The Hall–Kier alpha value is -1.69. The number of ether oxygens (including phenoxy) is 1. The summed E-state index contributed by atoms with van der Waals surface area (Å²) in [5.41, 5.74) is 4.86. The first-order chi connectivity index (χ1) is 9.88. The highest BCUT2D eigenvalue weighted by Gasteiger charge is 2.26. The number of hydrogen-bond acceptors (Lipinski definition) is 3. The molecule has 2 unspecified atom stereocenters. The second-order valence-electron chi connectivity index (χ2n) is 5.70. The zero-order chi connectivity index (χ0) is 15.6. The van der Waals surface area contributed by atoms with Gasteiger partial charge in [0.1, 0.15) is 11.6 Å². The van der Waals surface area contributed by atoms with E-state index < -0.39 is 17.5 Å². The maximum absolute atomic E-state index is 13.8. The summed E-state index contributed by atoms with van der Waals surface area (Å²) in [4.78, 5) is 11.1. The van der Waals surface area contributed by atoms with Crippen molar-refractivity contribution < 1.29 is 18.3 Å². The molecule has 0 saturated carbocycles. The average Bonchev–Trinajstić information content (AvgIpc) is 2.41. The van der Waals surface area contributed by atoms with Crippen LogP contribution in [0.4, 0.5) is 14.5 Å². The van der Waals surface area contributed by atoms with Gasteiger partial charge in [0.25, 0.3) is 5.91 Å². The van der Waals surface area contributed by atoms with Crippen molar-refractivity contribution in [1.29, 1.82) is 0 Å². The molecule has 1 amide bonds. The summed E-state index contributed by atoms with van der Waals surface area (Å²) >= 11 is 0. The van der Waals surface area contributed by atoms with Crippen LogP contribution in [0, 0.1) is 17.6 Å². The number of amides is 1. The topological polar surface area (TPSA) is 64.3 Å². The average molecular weight is 298 g/mol. The van der Waals surface area contributed by atoms with Crippen molar-refractivity contribution in [1.82, 2.24) is 0 Å². The molecule has 1 aromatic rings. The number of rotatable bonds is 4. The van der Waals surface area contributed by atoms with Gasteiger partial charge in [-0.3, -0.25) is 4.79 Å². The van der Waals surface area contributed by atoms with E-state index in [0.717, 1.165) is 18.9 Å². The van der Waals surface area contributed by atoms with Crippen LogP contribution in [0.5, 0.6) is 0 Å². The Morgan fingerprint density at radius 1 is 1.38 bits per heavy atom. The first-order valence-electron chi connectivity index (χ1n) is 7.05. The third kappa shape index (κ3) is 3.69. The van der Waals surface area contributed by atoms with Crippen LogP contribution in [0.3, 0.4) is 0 Å². The molecule has 1 aliphatic heterocycles. The lowest BCUT2D eigenvalue weighted by molar-refractivity contribution is -0.0161.